The van der Waals surface area contributed by atoms with Gasteiger partial charge in [-0.1, -0.05) is 12.1 Å². The molecule has 0 bridgehead atoms. The number of benzene rings is 1. The minimum atomic E-state index is -0.470. The standard InChI is InChI=1S/C24H34N4O3/c1-24(2,3)31-23(29)28-15-7-6-9-18(28)10-8-16-30-22-21(25-17-13-14-17)26-19-11-4-5-12-20(19)27-22/h4-5,11-12,17-18H,6-10,13-16H2,1-3H3,(H,25,26). The highest BCUT2D eigenvalue weighted by Gasteiger charge is 2.30. The Morgan fingerprint density at radius 3 is 2.58 bits per heavy atom. The third kappa shape index (κ3) is 5.99. The zero-order chi connectivity index (χ0) is 21.8. The van der Waals surface area contributed by atoms with Gasteiger partial charge < -0.3 is 19.7 Å². The Morgan fingerprint density at radius 1 is 1.13 bits per heavy atom. The molecule has 2 heterocycles. The van der Waals surface area contributed by atoms with Gasteiger partial charge >= 0.3 is 6.09 Å². The number of carbonyl (C=O) groups is 1. The van der Waals surface area contributed by atoms with E-state index in [1.54, 1.807) is 0 Å². The normalized spacial score (nSPS) is 19.3. The lowest BCUT2D eigenvalue weighted by Gasteiger charge is -2.36. The lowest BCUT2D eigenvalue weighted by Crippen LogP contribution is -2.46. The van der Waals surface area contributed by atoms with Crippen molar-refractivity contribution in [2.75, 3.05) is 18.5 Å². The molecule has 1 aliphatic heterocycles. The van der Waals surface area contributed by atoms with Gasteiger partial charge in [-0.3, -0.25) is 0 Å². The van der Waals surface area contributed by atoms with E-state index in [-0.39, 0.29) is 12.1 Å². The second-order valence-corrected chi connectivity index (χ2v) is 9.60. The van der Waals surface area contributed by atoms with Crippen molar-refractivity contribution in [3.8, 4) is 5.88 Å². The lowest BCUT2D eigenvalue weighted by atomic mass is 9.98. The van der Waals surface area contributed by atoms with Gasteiger partial charge in [0.1, 0.15) is 5.60 Å². The molecule has 0 radical (unpaired) electrons. The van der Waals surface area contributed by atoms with Crippen LogP contribution < -0.4 is 10.1 Å². The van der Waals surface area contributed by atoms with E-state index < -0.39 is 5.60 Å². The molecule has 2 fully saturated rings. The topological polar surface area (TPSA) is 76.6 Å². The predicted octanol–water partition coefficient (Wildman–Crippen LogP) is 5.15. The van der Waals surface area contributed by atoms with Gasteiger partial charge in [-0.15, -0.1) is 0 Å². The van der Waals surface area contributed by atoms with Crippen LogP contribution in [0, 0.1) is 0 Å². The number of anilines is 1. The molecule has 1 saturated heterocycles. The maximum atomic E-state index is 12.6. The molecule has 7 nitrogen and oxygen atoms in total. The molecular formula is C24H34N4O3. The van der Waals surface area contributed by atoms with Gasteiger partial charge in [-0.05, 0) is 77.8 Å². The summed E-state index contributed by atoms with van der Waals surface area (Å²) in [5, 5.41) is 3.44. The Kier molecular flexibility index (Phi) is 6.49. The molecule has 1 aromatic heterocycles. The number of para-hydroxylation sites is 2. The van der Waals surface area contributed by atoms with Crippen molar-refractivity contribution in [3.05, 3.63) is 24.3 Å². The number of carbonyl (C=O) groups excluding carboxylic acids is 1. The third-order valence-electron chi connectivity index (χ3n) is 5.63. The van der Waals surface area contributed by atoms with Gasteiger partial charge in [-0.25, -0.2) is 14.8 Å². The average molecular weight is 427 g/mol. The monoisotopic (exact) mass is 426 g/mol. The smallest absolute Gasteiger partial charge is 0.410 e. The first-order valence-corrected chi connectivity index (χ1v) is 11.5. The van der Waals surface area contributed by atoms with E-state index in [2.05, 4.69) is 5.32 Å². The molecule has 2 aromatic rings. The first kappa shape index (κ1) is 21.7. The number of nitrogens with one attached hydrogen (secondary N) is 1. The molecule has 1 atom stereocenters. The number of hydrogen-bond acceptors (Lipinski definition) is 6. The minimum Gasteiger partial charge on any atom is -0.475 e. The van der Waals surface area contributed by atoms with Crippen molar-refractivity contribution in [1.82, 2.24) is 14.9 Å². The van der Waals surface area contributed by atoms with E-state index in [1.807, 2.05) is 49.9 Å². The molecular weight excluding hydrogens is 392 g/mol. The summed E-state index contributed by atoms with van der Waals surface area (Å²) in [5.41, 5.74) is 1.23. The van der Waals surface area contributed by atoms with Crippen LogP contribution in [-0.4, -0.2) is 51.8 Å². The van der Waals surface area contributed by atoms with Crippen molar-refractivity contribution in [2.24, 2.45) is 0 Å². The molecule has 31 heavy (non-hydrogen) atoms. The Labute approximate surface area is 184 Å². The number of nitrogens with zero attached hydrogens (tertiary/aromatic N) is 3. The summed E-state index contributed by atoms with van der Waals surface area (Å²) in [6.07, 6.45) is 7.07. The molecule has 1 aliphatic carbocycles. The second kappa shape index (κ2) is 9.28. The number of amides is 1. The molecule has 0 spiro atoms. The summed E-state index contributed by atoms with van der Waals surface area (Å²) in [6.45, 7) is 7.05. The van der Waals surface area contributed by atoms with Crippen LogP contribution in [0.4, 0.5) is 10.6 Å². The van der Waals surface area contributed by atoms with Gasteiger partial charge in [0.15, 0.2) is 5.82 Å². The maximum Gasteiger partial charge on any atom is 0.410 e. The SMILES string of the molecule is CC(C)(C)OC(=O)N1CCCCC1CCCOc1nc2ccccc2nc1NC1CC1. The summed E-state index contributed by atoms with van der Waals surface area (Å²) in [7, 11) is 0. The van der Waals surface area contributed by atoms with Gasteiger partial charge in [-0.2, -0.15) is 0 Å². The van der Waals surface area contributed by atoms with Crippen LogP contribution in [0.25, 0.3) is 11.0 Å². The van der Waals surface area contributed by atoms with Crippen LogP contribution in [0.2, 0.25) is 0 Å². The quantitative estimate of drug-likeness (QED) is 0.617. The summed E-state index contributed by atoms with van der Waals surface area (Å²) in [4.78, 5) is 23.9. The first-order chi connectivity index (χ1) is 14.9. The molecule has 1 amide bonds. The van der Waals surface area contributed by atoms with E-state index in [1.165, 1.54) is 0 Å². The van der Waals surface area contributed by atoms with Crippen LogP contribution in [0.3, 0.4) is 0 Å². The molecule has 4 rings (SSSR count). The van der Waals surface area contributed by atoms with Crippen molar-refractivity contribution < 1.29 is 14.3 Å². The molecule has 168 valence electrons. The third-order valence-corrected chi connectivity index (χ3v) is 5.63. The maximum absolute atomic E-state index is 12.6. The predicted molar refractivity (Wildman–Crippen MR) is 121 cm³/mol. The van der Waals surface area contributed by atoms with Crippen LogP contribution in [-0.2, 0) is 4.74 Å². The van der Waals surface area contributed by atoms with Crippen molar-refractivity contribution >= 4 is 22.9 Å². The largest absolute Gasteiger partial charge is 0.475 e. The number of likely N-dealkylation sites (tertiary alicyclic amines) is 1. The molecule has 1 N–H and O–H groups in total. The van der Waals surface area contributed by atoms with Crippen LogP contribution in [0.1, 0.15) is 65.7 Å². The van der Waals surface area contributed by atoms with Crippen LogP contribution >= 0.6 is 0 Å². The van der Waals surface area contributed by atoms with Crippen LogP contribution in [0.15, 0.2) is 24.3 Å². The molecule has 1 aromatic carbocycles. The Balaban J connectivity index is 1.35. The lowest BCUT2D eigenvalue weighted by molar-refractivity contribution is 0.00822. The fourth-order valence-electron chi connectivity index (χ4n) is 3.95. The number of hydrogen-bond donors (Lipinski definition) is 1. The number of ether oxygens (including phenoxy) is 2. The Morgan fingerprint density at radius 2 is 1.87 bits per heavy atom. The Bertz CT molecular complexity index is 907. The van der Waals surface area contributed by atoms with Gasteiger partial charge in [0.25, 0.3) is 5.88 Å². The van der Waals surface area contributed by atoms with E-state index in [9.17, 15) is 4.79 Å². The number of rotatable bonds is 7. The zero-order valence-corrected chi connectivity index (χ0v) is 18.9. The van der Waals surface area contributed by atoms with E-state index in [4.69, 9.17) is 19.4 Å². The Hall–Kier alpha value is -2.57. The highest BCUT2D eigenvalue weighted by Crippen LogP contribution is 2.30. The second-order valence-electron chi connectivity index (χ2n) is 9.60. The van der Waals surface area contributed by atoms with E-state index in [0.29, 0.717) is 18.5 Å². The van der Waals surface area contributed by atoms with Crippen molar-refractivity contribution in [1.29, 1.82) is 0 Å². The average Bonchev–Trinajstić information content (AvgIpc) is 3.54. The molecule has 1 saturated carbocycles. The summed E-state index contributed by atoms with van der Waals surface area (Å²) in [6, 6.07) is 8.54. The molecule has 1 unspecified atom stereocenters. The summed E-state index contributed by atoms with van der Waals surface area (Å²) >= 11 is 0. The van der Waals surface area contributed by atoms with Gasteiger partial charge in [0.05, 0.1) is 17.6 Å². The number of aromatic nitrogens is 2. The molecule has 7 heteroatoms. The number of piperidine rings is 1. The van der Waals surface area contributed by atoms with Gasteiger partial charge in [0.2, 0.25) is 0 Å². The highest BCUT2D eigenvalue weighted by molar-refractivity contribution is 5.77. The van der Waals surface area contributed by atoms with E-state index >= 15 is 0 Å². The fraction of sp³-hybridized carbons (Fsp3) is 0.625. The molecule has 2 aliphatic rings. The van der Waals surface area contributed by atoms with Crippen molar-refractivity contribution in [2.45, 2.75) is 83.4 Å². The van der Waals surface area contributed by atoms with Crippen LogP contribution in [0.5, 0.6) is 5.88 Å². The van der Waals surface area contributed by atoms with Crippen molar-refractivity contribution in [3.63, 3.8) is 0 Å². The fourth-order valence-corrected chi connectivity index (χ4v) is 3.95. The summed E-state index contributed by atoms with van der Waals surface area (Å²) < 4.78 is 11.7. The van der Waals surface area contributed by atoms with E-state index in [0.717, 1.165) is 68.3 Å². The highest BCUT2D eigenvalue weighted by atomic mass is 16.6. The first-order valence-electron chi connectivity index (χ1n) is 11.5. The zero-order valence-electron chi connectivity index (χ0n) is 18.9. The minimum absolute atomic E-state index is 0.200. The van der Waals surface area contributed by atoms with Gasteiger partial charge in [0, 0.05) is 18.6 Å². The summed E-state index contributed by atoms with van der Waals surface area (Å²) in [5.74, 6) is 1.30. The number of fused-ring (bicyclic) bond motifs is 1.